The molecule has 0 spiro atoms. The van der Waals surface area contributed by atoms with Crippen LogP contribution in [0.4, 0.5) is 0 Å². The second-order valence-corrected chi connectivity index (χ2v) is 9.96. The van der Waals surface area contributed by atoms with Crippen LogP contribution in [-0.2, 0) is 14.8 Å². The molecule has 1 heterocycles. The first kappa shape index (κ1) is 21.3. The number of sulfonamides is 1. The first-order valence-corrected chi connectivity index (χ1v) is 12.1. The number of hydrogen-bond donors (Lipinski definition) is 2. The minimum atomic E-state index is -3.48. The van der Waals surface area contributed by atoms with Gasteiger partial charge in [-0.2, -0.15) is 0 Å². The van der Waals surface area contributed by atoms with E-state index in [2.05, 4.69) is 9.62 Å². The Hall–Kier alpha value is -1.44. The van der Waals surface area contributed by atoms with E-state index in [0.717, 1.165) is 25.9 Å². The molecule has 0 radical (unpaired) electrons. The third kappa shape index (κ3) is 5.78. The monoisotopic (exact) mass is 407 g/mol. The minimum absolute atomic E-state index is 0.0758. The molecule has 1 aliphatic carbocycles. The van der Waals surface area contributed by atoms with Gasteiger partial charge < -0.3 is 10.6 Å². The Labute approximate surface area is 168 Å². The number of likely N-dealkylation sites (tertiary alicyclic amines) is 1. The highest BCUT2D eigenvalue weighted by molar-refractivity contribution is 7.89. The lowest BCUT2D eigenvalue weighted by atomic mass is 9.84. The predicted molar refractivity (Wildman–Crippen MR) is 110 cm³/mol. The molecule has 3 rings (SSSR count). The van der Waals surface area contributed by atoms with Crippen molar-refractivity contribution in [2.75, 3.05) is 26.2 Å². The van der Waals surface area contributed by atoms with Gasteiger partial charge in [-0.25, -0.2) is 13.1 Å². The van der Waals surface area contributed by atoms with Gasteiger partial charge in [-0.1, -0.05) is 31.4 Å². The van der Waals surface area contributed by atoms with Crippen molar-refractivity contribution in [3.05, 3.63) is 29.8 Å². The second-order valence-electron chi connectivity index (χ2n) is 8.20. The zero-order chi connectivity index (χ0) is 20.0. The Morgan fingerprint density at radius 1 is 1.07 bits per heavy atom. The third-order valence-corrected chi connectivity index (χ3v) is 7.59. The number of nitrogens with one attached hydrogen (secondary N) is 1. The fourth-order valence-corrected chi connectivity index (χ4v) is 5.51. The van der Waals surface area contributed by atoms with E-state index in [4.69, 9.17) is 5.73 Å². The van der Waals surface area contributed by atoms with E-state index in [1.165, 1.54) is 37.7 Å². The van der Waals surface area contributed by atoms with Crippen LogP contribution in [0.3, 0.4) is 0 Å². The van der Waals surface area contributed by atoms with Crippen LogP contribution < -0.4 is 10.5 Å². The lowest BCUT2D eigenvalue weighted by molar-refractivity contribution is -0.123. The average Bonchev–Trinajstić information content (AvgIpc) is 2.72. The molecular formula is C21H33N3O3S. The molecule has 1 aromatic rings. The maximum absolute atomic E-state index is 12.5. The molecule has 1 saturated carbocycles. The molecule has 1 amide bonds. The fraction of sp³-hybridized carbons (Fsp3) is 0.667. The van der Waals surface area contributed by atoms with Gasteiger partial charge in [-0.15, -0.1) is 0 Å². The summed E-state index contributed by atoms with van der Waals surface area (Å²) in [5, 5.41) is 0. The van der Waals surface area contributed by atoms with E-state index >= 15 is 0 Å². The number of primary amides is 1. The molecule has 156 valence electrons. The molecule has 3 N–H and O–H groups in total. The predicted octanol–water partition coefficient (Wildman–Crippen LogP) is 2.60. The number of amides is 1. The summed E-state index contributed by atoms with van der Waals surface area (Å²) in [6.07, 6.45) is 8.79. The number of carbonyl (C=O) groups excluding carboxylic acids is 1. The van der Waals surface area contributed by atoms with Crippen LogP contribution in [0.15, 0.2) is 29.2 Å². The molecule has 1 unspecified atom stereocenters. The molecule has 28 heavy (non-hydrogen) atoms. The zero-order valence-electron chi connectivity index (χ0n) is 16.6. The number of hydrogen-bond acceptors (Lipinski definition) is 4. The number of nitrogens with zero attached hydrogens (tertiary/aromatic N) is 1. The standard InChI is InChI=1S/C21H33N3O3S/c22-21(25)19-8-4-14-24(16-19)15-5-13-23-28(26,27)20-11-9-18(10-12-20)17-6-2-1-3-7-17/h9-12,17,19,23H,1-8,13-16H2,(H2,22,25). The number of nitrogens with two attached hydrogens (primary N) is 1. The van der Waals surface area contributed by atoms with Crippen LogP contribution in [0.5, 0.6) is 0 Å². The van der Waals surface area contributed by atoms with Crippen molar-refractivity contribution >= 4 is 15.9 Å². The second kappa shape index (κ2) is 9.85. The maximum atomic E-state index is 12.5. The van der Waals surface area contributed by atoms with Gasteiger partial charge in [0.05, 0.1) is 10.8 Å². The van der Waals surface area contributed by atoms with Crippen molar-refractivity contribution in [3.8, 4) is 0 Å². The summed E-state index contributed by atoms with van der Waals surface area (Å²) >= 11 is 0. The SMILES string of the molecule is NC(=O)C1CCCN(CCCNS(=O)(=O)c2ccc(C3CCCCC3)cc2)C1. The highest BCUT2D eigenvalue weighted by Crippen LogP contribution is 2.32. The van der Waals surface area contributed by atoms with Crippen molar-refractivity contribution in [2.24, 2.45) is 11.7 Å². The van der Waals surface area contributed by atoms with E-state index in [1.54, 1.807) is 12.1 Å². The quantitative estimate of drug-likeness (QED) is 0.648. The molecule has 0 bridgehead atoms. The number of carbonyl (C=O) groups is 1. The van der Waals surface area contributed by atoms with E-state index in [0.29, 0.717) is 30.3 Å². The molecule has 2 aliphatic rings. The van der Waals surface area contributed by atoms with E-state index in [-0.39, 0.29) is 11.8 Å². The first-order chi connectivity index (χ1) is 13.5. The number of rotatable bonds is 8. The number of benzene rings is 1. The Kier molecular flexibility index (Phi) is 7.48. The molecule has 1 saturated heterocycles. The summed E-state index contributed by atoms with van der Waals surface area (Å²) < 4.78 is 27.8. The Morgan fingerprint density at radius 3 is 2.46 bits per heavy atom. The van der Waals surface area contributed by atoms with Gasteiger partial charge >= 0.3 is 0 Å². The van der Waals surface area contributed by atoms with Crippen molar-refractivity contribution in [3.63, 3.8) is 0 Å². The summed E-state index contributed by atoms with van der Waals surface area (Å²) in [7, 11) is -3.48. The summed E-state index contributed by atoms with van der Waals surface area (Å²) in [4.78, 5) is 13.9. The van der Waals surface area contributed by atoms with Gasteiger partial charge in [0.25, 0.3) is 0 Å². The van der Waals surface area contributed by atoms with E-state index < -0.39 is 10.0 Å². The van der Waals surface area contributed by atoms with Gasteiger partial charge in [0.1, 0.15) is 0 Å². The highest BCUT2D eigenvalue weighted by Gasteiger charge is 2.23. The van der Waals surface area contributed by atoms with Crippen molar-refractivity contribution in [1.82, 2.24) is 9.62 Å². The molecule has 7 heteroatoms. The lowest BCUT2D eigenvalue weighted by Gasteiger charge is -2.31. The van der Waals surface area contributed by atoms with Crippen molar-refractivity contribution < 1.29 is 13.2 Å². The largest absolute Gasteiger partial charge is 0.369 e. The topological polar surface area (TPSA) is 92.5 Å². The molecule has 1 aliphatic heterocycles. The van der Waals surface area contributed by atoms with Gasteiger partial charge in [-0.3, -0.25) is 4.79 Å². The smallest absolute Gasteiger partial charge is 0.240 e. The van der Waals surface area contributed by atoms with E-state index in [9.17, 15) is 13.2 Å². The van der Waals surface area contributed by atoms with Crippen LogP contribution in [-0.4, -0.2) is 45.4 Å². The van der Waals surface area contributed by atoms with Crippen molar-refractivity contribution in [1.29, 1.82) is 0 Å². The van der Waals surface area contributed by atoms with Gasteiger partial charge in [-0.05, 0) is 68.8 Å². The Balaban J connectivity index is 1.45. The molecule has 0 aromatic heterocycles. The molecule has 1 aromatic carbocycles. The summed E-state index contributed by atoms with van der Waals surface area (Å²) in [5.74, 6) is 0.266. The van der Waals surface area contributed by atoms with Gasteiger partial charge in [0, 0.05) is 13.1 Å². The van der Waals surface area contributed by atoms with Gasteiger partial charge in [0.15, 0.2) is 0 Å². The lowest BCUT2D eigenvalue weighted by Crippen LogP contribution is -2.42. The van der Waals surface area contributed by atoms with Gasteiger partial charge in [0.2, 0.25) is 15.9 Å². The average molecular weight is 408 g/mol. The van der Waals surface area contributed by atoms with Crippen LogP contribution in [0.2, 0.25) is 0 Å². The summed E-state index contributed by atoms with van der Waals surface area (Å²) in [6, 6.07) is 7.41. The Morgan fingerprint density at radius 2 is 1.79 bits per heavy atom. The fourth-order valence-electron chi connectivity index (χ4n) is 4.44. The van der Waals surface area contributed by atoms with Crippen LogP contribution in [0.25, 0.3) is 0 Å². The van der Waals surface area contributed by atoms with Crippen LogP contribution in [0, 0.1) is 5.92 Å². The molecular weight excluding hydrogens is 374 g/mol. The highest BCUT2D eigenvalue weighted by atomic mass is 32.2. The maximum Gasteiger partial charge on any atom is 0.240 e. The van der Waals surface area contributed by atoms with E-state index in [1.807, 2.05) is 12.1 Å². The number of piperidine rings is 1. The Bertz CT molecular complexity index is 743. The molecule has 6 nitrogen and oxygen atoms in total. The minimum Gasteiger partial charge on any atom is -0.369 e. The third-order valence-electron chi connectivity index (χ3n) is 6.12. The first-order valence-electron chi connectivity index (χ1n) is 10.6. The van der Waals surface area contributed by atoms with Crippen molar-refractivity contribution in [2.45, 2.75) is 62.2 Å². The molecule has 1 atom stereocenters. The normalized spacial score (nSPS) is 22.2. The van der Waals surface area contributed by atoms with Crippen LogP contribution >= 0.6 is 0 Å². The summed E-state index contributed by atoms with van der Waals surface area (Å²) in [5.41, 5.74) is 6.66. The molecule has 2 fully saturated rings. The summed E-state index contributed by atoms with van der Waals surface area (Å²) in [6.45, 7) is 2.79. The van der Waals surface area contributed by atoms with Crippen LogP contribution in [0.1, 0.15) is 62.8 Å². The zero-order valence-corrected chi connectivity index (χ0v) is 17.4.